The molecule has 0 aliphatic carbocycles. The highest BCUT2D eigenvalue weighted by molar-refractivity contribution is 5.32. The van der Waals surface area contributed by atoms with Gasteiger partial charge in [0.1, 0.15) is 0 Å². The molecule has 1 aromatic carbocycles. The summed E-state index contributed by atoms with van der Waals surface area (Å²) in [5, 5.41) is 21.5. The van der Waals surface area contributed by atoms with E-state index in [9.17, 15) is 5.11 Å². The molecule has 0 bridgehead atoms. The molecular formula is C15H22N2O. The molecule has 0 aliphatic rings. The fourth-order valence-corrected chi connectivity index (χ4v) is 2.06. The van der Waals surface area contributed by atoms with E-state index in [4.69, 9.17) is 5.26 Å². The molecule has 18 heavy (non-hydrogen) atoms. The van der Waals surface area contributed by atoms with Gasteiger partial charge in [-0.2, -0.15) is 5.26 Å². The highest BCUT2D eigenvalue weighted by Crippen LogP contribution is 2.15. The fraction of sp³-hybridized carbons (Fsp3) is 0.533. The molecule has 0 amide bonds. The van der Waals surface area contributed by atoms with Crippen molar-refractivity contribution in [3.8, 4) is 6.07 Å². The molecule has 0 saturated heterocycles. The van der Waals surface area contributed by atoms with Crippen molar-refractivity contribution in [1.29, 1.82) is 5.26 Å². The molecule has 3 nitrogen and oxygen atoms in total. The molecule has 0 spiro atoms. The molecule has 2 unspecified atom stereocenters. The lowest BCUT2D eigenvalue weighted by Crippen LogP contribution is -2.35. The zero-order valence-corrected chi connectivity index (χ0v) is 11.4. The van der Waals surface area contributed by atoms with E-state index in [1.54, 1.807) is 0 Å². The van der Waals surface area contributed by atoms with Gasteiger partial charge in [-0.1, -0.05) is 26.0 Å². The molecule has 1 aromatic rings. The highest BCUT2D eigenvalue weighted by Gasteiger charge is 2.13. The van der Waals surface area contributed by atoms with Gasteiger partial charge in [-0.3, -0.25) is 0 Å². The van der Waals surface area contributed by atoms with Gasteiger partial charge in [0.15, 0.2) is 0 Å². The minimum Gasteiger partial charge on any atom is -0.395 e. The molecule has 0 saturated carbocycles. The van der Waals surface area contributed by atoms with Gasteiger partial charge < -0.3 is 10.4 Å². The first-order chi connectivity index (χ1) is 8.56. The van der Waals surface area contributed by atoms with Crippen LogP contribution in [0.15, 0.2) is 24.3 Å². The average Bonchev–Trinajstić information content (AvgIpc) is 2.37. The number of nitrogens with zero attached hydrogens (tertiary/aromatic N) is 1. The van der Waals surface area contributed by atoms with Crippen LogP contribution in [0, 0.1) is 17.2 Å². The fourth-order valence-electron chi connectivity index (χ4n) is 2.06. The number of hydrogen-bond acceptors (Lipinski definition) is 3. The summed E-state index contributed by atoms with van der Waals surface area (Å²) in [5.74, 6) is 0.558. The quantitative estimate of drug-likeness (QED) is 0.811. The maximum Gasteiger partial charge on any atom is 0.0991 e. The van der Waals surface area contributed by atoms with E-state index in [1.807, 2.05) is 24.3 Å². The summed E-state index contributed by atoms with van der Waals surface area (Å²) in [4.78, 5) is 0. The van der Waals surface area contributed by atoms with E-state index in [0.29, 0.717) is 11.5 Å². The minimum absolute atomic E-state index is 0.121. The molecule has 2 atom stereocenters. The second kappa shape index (κ2) is 7.15. The number of aliphatic hydroxyl groups excluding tert-OH is 1. The summed E-state index contributed by atoms with van der Waals surface area (Å²) >= 11 is 0. The van der Waals surface area contributed by atoms with Crippen LogP contribution in [0.25, 0.3) is 0 Å². The Morgan fingerprint density at radius 2 is 1.83 bits per heavy atom. The second-order valence-electron chi connectivity index (χ2n) is 5.13. The Bertz CT molecular complexity index is 392. The van der Waals surface area contributed by atoms with Crippen LogP contribution in [-0.2, 0) is 0 Å². The van der Waals surface area contributed by atoms with Gasteiger partial charge in [-0.25, -0.2) is 0 Å². The van der Waals surface area contributed by atoms with Crippen molar-refractivity contribution >= 4 is 0 Å². The summed E-state index contributed by atoms with van der Waals surface area (Å²) in [6.45, 7) is 6.52. The van der Waals surface area contributed by atoms with Crippen molar-refractivity contribution in [2.24, 2.45) is 5.92 Å². The highest BCUT2D eigenvalue weighted by atomic mass is 16.3. The zero-order chi connectivity index (χ0) is 13.5. The van der Waals surface area contributed by atoms with Crippen molar-refractivity contribution in [3.63, 3.8) is 0 Å². The first-order valence-electron chi connectivity index (χ1n) is 6.43. The summed E-state index contributed by atoms with van der Waals surface area (Å²) in [6, 6.07) is 9.97. The van der Waals surface area contributed by atoms with Crippen LogP contribution in [0.3, 0.4) is 0 Å². The van der Waals surface area contributed by atoms with Gasteiger partial charge in [-0.15, -0.1) is 0 Å². The van der Waals surface area contributed by atoms with Crippen LogP contribution in [0.4, 0.5) is 0 Å². The zero-order valence-electron chi connectivity index (χ0n) is 11.4. The lowest BCUT2D eigenvalue weighted by atomic mass is 10.0. The Kier molecular flexibility index (Phi) is 5.84. The number of nitrogens with one attached hydrogen (secondary N) is 1. The third-order valence-electron chi connectivity index (χ3n) is 3.00. The Morgan fingerprint density at radius 3 is 2.28 bits per heavy atom. The monoisotopic (exact) mass is 246 g/mol. The summed E-state index contributed by atoms with van der Waals surface area (Å²) < 4.78 is 0. The van der Waals surface area contributed by atoms with E-state index in [-0.39, 0.29) is 18.7 Å². The Balaban J connectivity index is 2.62. The Hall–Kier alpha value is -1.37. The van der Waals surface area contributed by atoms with E-state index < -0.39 is 0 Å². The third-order valence-corrected chi connectivity index (χ3v) is 3.00. The van der Waals surface area contributed by atoms with Gasteiger partial charge in [0.05, 0.1) is 18.2 Å². The van der Waals surface area contributed by atoms with Gasteiger partial charge in [0.2, 0.25) is 0 Å². The van der Waals surface area contributed by atoms with Crippen LogP contribution in [-0.4, -0.2) is 17.8 Å². The van der Waals surface area contributed by atoms with Crippen molar-refractivity contribution in [3.05, 3.63) is 35.4 Å². The SMILES string of the molecule is CC(C)CC(CO)NC(C)c1ccc(C#N)cc1. The van der Waals surface area contributed by atoms with E-state index in [2.05, 4.69) is 32.2 Å². The summed E-state index contributed by atoms with van der Waals surface area (Å²) in [5.41, 5.74) is 1.81. The van der Waals surface area contributed by atoms with Crippen LogP contribution in [0.1, 0.15) is 44.4 Å². The molecule has 3 heteroatoms. The number of benzene rings is 1. The number of rotatable bonds is 6. The van der Waals surface area contributed by atoms with E-state index >= 15 is 0 Å². The molecule has 0 heterocycles. The van der Waals surface area contributed by atoms with Gasteiger partial charge >= 0.3 is 0 Å². The number of hydrogen-bond donors (Lipinski definition) is 2. The lowest BCUT2D eigenvalue weighted by molar-refractivity contribution is 0.215. The Labute approximate surface area is 109 Å². The Morgan fingerprint density at radius 1 is 1.22 bits per heavy atom. The smallest absolute Gasteiger partial charge is 0.0991 e. The van der Waals surface area contributed by atoms with Crippen molar-refractivity contribution in [1.82, 2.24) is 5.32 Å². The topological polar surface area (TPSA) is 56.0 Å². The van der Waals surface area contributed by atoms with Crippen LogP contribution in [0.2, 0.25) is 0 Å². The molecule has 98 valence electrons. The molecule has 0 aliphatic heterocycles. The predicted molar refractivity (Wildman–Crippen MR) is 73.0 cm³/mol. The first-order valence-corrected chi connectivity index (χ1v) is 6.43. The van der Waals surface area contributed by atoms with E-state index in [0.717, 1.165) is 12.0 Å². The summed E-state index contributed by atoms with van der Waals surface area (Å²) in [7, 11) is 0. The molecule has 2 N–H and O–H groups in total. The van der Waals surface area contributed by atoms with Gasteiger partial charge in [0.25, 0.3) is 0 Å². The van der Waals surface area contributed by atoms with Crippen molar-refractivity contribution < 1.29 is 5.11 Å². The maximum absolute atomic E-state index is 9.35. The van der Waals surface area contributed by atoms with Gasteiger partial charge in [-0.05, 0) is 37.0 Å². The first kappa shape index (κ1) is 14.7. The average molecular weight is 246 g/mol. The van der Waals surface area contributed by atoms with E-state index in [1.165, 1.54) is 0 Å². The normalized spacial score (nSPS) is 14.2. The number of aliphatic hydroxyl groups is 1. The summed E-state index contributed by atoms with van der Waals surface area (Å²) in [6.07, 6.45) is 0.955. The maximum atomic E-state index is 9.35. The molecular weight excluding hydrogens is 224 g/mol. The van der Waals surface area contributed by atoms with Crippen molar-refractivity contribution in [2.75, 3.05) is 6.61 Å². The van der Waals surface area contributed by atoms with Gasteiger partial charge in [0, 0.05) is 12.1 Å². The predicted octanol–water partition coefficient (Wildman–Crippen LogP) is 2.62. The standard InChI is InChI=1S/C15H22N2O/c1-11(2)8-15(10-18)17-12(3)14-6-4-13(9-16)5-7-14/h4-7,11-12,15,17-18H,8,10H2,1-3H3. The van der Waals surface area contributed by atoms with Crippen LogP contribution >= 0.6 is 0 Å². The molecule has 0 radical (unpaired) electrons. The molecule has 0 fully saturated rings. The number of nitriles is 1. The van der Waals surface area contributed by atoms with Crippen LogP contribution < -0.4 is 5.32 Å². The largest absolute Gasteiger partial charge is 0.395 e. The minimum atomic E-state index is 0.121. The third kappa shape index (κ3) is 4.48. The molecule has 0 aromatic heterocycles. The molecule has 1 rings (SSSR count). The second-order valence-corrected chi connectivity index (χ2v) is 5.13. The van der Waals surface area contributed by atoms with Crippen molar-refractivity contribution in [2.45, 2.75) is 39.3 Å². The lowest BCUT2D eigenvalue weighted by Gasteiger charge is -2.23. The van der Waals surface area contributed by atoms with Crippen LogP contribution in [0.5, 0.6) is 0 Å².